The lowest BCUT2D eigenvalue weighted by molar-refractivity contribution is -0.133. The van der Waals surface area contributed by atoms with Gasteiger partial charge in [0.25, 0.3) is 0 Å². The van der Waals surface area contributed by atoms with Crippen molar-refractivity contribution in [2.45, 2.75) is 52.1 Å². The Bertz CT molecular complexity index is 924. The molecule has 0 aromatic heterocycles. The van der Waals surface area contributed by atoms with Crippen LogP contribution in [0.4, 0.5) is 5.69 Å². The number of unbranched alkanes of at least 4 members (excludes halogenated alkanes) is 1. The zero-order chi connectivity index (χ0) is 22.5. The molecule has 0 radical (unpaired) electrons. The average molecular weight is 437 g/mol. The van der Waals surface area contributed by atoms with E-state index in [1.54, 1.807) is 0 Å². The lowest BCUT2D eigenvalue weighted by Crippen LogP contribution is -2.53. The standard InChI is InChI=1S/C26H36N4O2/c1-4-5-16-32-25-9-7-6-8-21(25)22-18-23(28-27-22)26(31)30-14-12-29(13-15-30)24-11-10-19(2)17-20(24)3/h6-11,17,22-23,27-28H,4-5,12-16,18H2,1-3H3. The second-order valence-corrected chi connectivity index (χ2v) is 8.97. The predicted octanol–water partition coefficient (Wildman–Crippen LogP) is 3.74. The van der Waals surface area contributed by atoms with Crippen LogP contribution >= 0.6 is 0 Å². The zero-order valence-corrected chi connectivity index (χ0v) is 19.6. The van der Waals surface area contributed by atoms with Gasteiger partial charge in [-0.1, -0.05) is 49.2 Å². The van der Waals surface area contributed by atoms with Crippen LogP contribution in [0.2, 0.25) is 0 Å². The number of rotatable bonds is 7. The Kier molecular flexibility index (Phi) is 7.33. The smallest absolute Gasteiger partial charge is 0.241 e. The molecule has 172 valence electrons. The molecule has 2 aromatic rings. The van der Waals surface area contributed by atoms with Gasteiger partial charge in [-0.15, -0.1) is 0 Å². The molecule has 4 rings (SSSR count). The van der Waals surface area contributed by atoms with Crippen molar-refractivity contribution in [2.75, 3.05) is 37.7 Å². The van der Waals surface area contributed by atoms with Gasteiger partial charge >= 0.3 is 0 Å². The fourth-order valence-corrected chi connectivity index (χ4v) is 4.70. The van der Waals surface area contributed by atoms with Gasteiger partial charge in [-0.2, -0.15) is 0 Å². The summed E-state index contributed by atoms with van der Waals surface area (Å²) in [4.78, 5) is 17.6. The summed E-state index contributed by atoms with van der Waals surface area (Å²) >= 11 is 0. The summed E-state index contributed by atoms with van der Waals surface area (Å²) < 4.78 is 6.00. The van der Waals surface area contributed by atoms with Crippen molar-refractivity contribution in [2.24, 2.45) is 0 Å². The van der Waals surface area contributed by atoms with E-state index in [4.69, 9.17) is 4.74 Å². The second-order valence-electron chi connectivity index (χ2n) is 8.97. The van der Waals surface area contributed by atoms with Crippen LogP contribution in [0.1, 0.15) is 48.9 Å². The number of para-hydroxylation sites is 1. The number of benzene rings is 2. The van der Waals surface area contributed by atoms with Gasteiger partial charge in [-0.25, -0.2) is 10.9 Å². The number of carbonyl (C=O) groups is 1. The van der Waals surface area contributed by atoms with E-state index in [-0.39, 0.29) is 18.0 Å². The number of aryl methyl sites for hydroxylation is 2. The molecular weight excluding hydrogens is 400 g/mol. The molecule has 0 aliphatic carbocycles. The first-order valence-corrected chi connectivity index (χ1v) is 11.9. The highest BCUT2D eigenvalue weighted by atomic mass is 16.5. The lowest BCUT2D eigenvalue weighted by Gasteiger charge is -2.37. The van der Waals surface area contributed by atoms with Crippen LogP contribution in [0.5, 0.6) is 5.75 Å². The molecular formula is C26H36N4O2. The van der Waals surface area contributed by atoms with E-state index in [1.165, 1.54) is 16.8 Å². The van der Waals surface area contributed by atoms with Gasteiger partial charge in [0.2, 0.25) is 5.91 Å². The molecule has 2 aliphatic rings. The Morgan fingerprint density at radius 3 is 2.59 bits per heavy atom. The molecule has 6 nitrogen and oxygen atoms in total. The van der Waals surface area contributed by atoms with Crippen molar-refractivity contribution in [3.8, 4) is 5.75 Å². The minimum atomic E-state index is -0.212. The van der Waals surface area contributed by atoms with Crippen LogP contribution in [0.25, 0.3) is 0 Å². The van der Waals surface area contributed by atoms with Crippen molar-refractivity contribution in [3.05, 3.63) is 59.2 Å². The molecule has 2 aliphatic heterocycles. The molecule has 0 bridgehead atoms. The predicted molar refractivity (Wildman–Crippen MR) is 129 cm³/mol. The van der Waals surface area contributed by atoms with E-state index in [0.717, 1.165) is 63.4 Å². The first-order chi connectivity index (χ1) is 15.6. The van der Waals surface area contributed by atoms with Gasteiger partial charge < -0.3 is 14.5 Å². The molecule has 2 aromatic carbocycles. The van der Waals surface area contributed by atoms with Crippen molar-refractivity contribution in [1.82, 2.24) is 15.8 Å². The molecule has 2 atom stereocenters. The van der Waals surface area contributed by atoms with E-state index in [2.05, 4.69) is 60.8 Å². The van der Waals surface area contributed by atoms with E-state index in [1.807, 2.05) is 23.1 Å². The van der Waals surface area contributed by atoms with Crippen LogP contribution in [0.15, 0.2) is 42.5 Å². The summed E-state index contributed by atoms with van der Waals surface area (Å²) in [7, 11) is 0. The van der Waals surface area contributed by atoms with Crippen LogP contribution in [-0.2, 0) is 4.79 Å². The second kappa shape index (κ2) is 10.4. The third kappa shape index (κ3) is 5.08. The lowest BCUT2D eigenvalue weighted by atomic mass is 10.0. The first kappa shape index (κ1) is 22.6. The fraction of sp³-hybridized carbons (Fsp3) is 0.500. The summed E-state index contributed by atoms with van der Waals surface area (Å²) in [6, 6.07) is 14.6. The molecule has 2 fully saturated rings. The minimum absolute atomic E-state index is 0.0678. The normalized spacial score (nSPS) is 21.1. The van der Waals surface area contributed by atoms with Gasteiger partial charge in [0.15, 0.2) is 0 Å². The van der Waals surface area contributed by atoms with E-state index in [0.29, 0.717) is 0 Å². The first-order valence-electron chi connectivity index (χ1n) is 11.9. The van der Waals surface area contributed by atoms with Crippen LogP contribution < -0.4 is 20.5 Å². The number of nitrogens with one attached hydrogen (secondary N) is 2. The Morgan fingerprint density at radius 2 is 1.84 bits per heavy atom. The highest BCUT2D eigenvalue weighted by Crippen LogP contribution is 2.31. The van der Waals surface area contributed by atoms with Crippen molar-refractivity contribution < 1.29 is 9.53 Å². The van der Waals surface area contributed by atoms with Gasteiger partial charge in [0.1, 0.15) is 11.8 Å². The van der Waals surface area contributed by atoms with Crippen molar-refractivity contribution in [3.63, 3.8) is 0 Å². The molecule has 2 N–H and O–H groups in total. The Morgan fingerprint density at radius 1 is 1.06 bits per heavy atom. The molecule has 1 amide bonds. The van der Waals surface area contributed by atoms with E-state index in [9.17, 15) is 4.79 Å². The Labute approximate surface area is 191 Å². The fourth-order valence-electron chi connectivity index (χ4n) is 4.70. The highest BCUT2D eigenvalue weighted by Gasteiger charge is 2.35. The molecule has 6 heteroatoms. The monoisotopic (exact) mass is 436 g/mol. The average Bonchev–Trinajstić information content (AvgIpc) is 3.29. The van der Waals surface area contributed by atoms with Crippen LogP contribution in [-0.4, -0.2) is 49.6 Å². The van der Waals surface area contributed by atoms with E-state index >= 15 is 0 Å². The molecule has 2 saturated heterocycles. The number of piperazine rings is 1. The summed E-state index contributed by atoms with van der Waals surface area (Å²) in [5, 5.41) is 0. The number of nitrogens with zero attached hydrogens (tertiary/aromatic N) is 2. The third-order valence-electron chi connectivity index (χ3n) is 6.54. The molecule has 2 unspecified atom stereocenters. The number of carbonyl (C=O) groups excluding carboxylic acids is 1. The number of hydrazine groups is 1. The molecule has 32 heavy (non-hydrogen) atoms. The minimum Gasteiger partial charge on any atom is -0.493 e. The molecule has 2 heterocycles. The van der Waals surface area contributed by atoms with Gasteiger partial charge in [-0.05, 0) is 44.4 Å². The summed E-state index contributed by atoms with van der Waals surface area (Å²) in [5.74, 6) is 1.10. The Hall–Kier alpha value is -2.57. The summed E-state index contributed by atoms with van der Waals surface area (Å²) in [5.41, 5.74) is 11.6. The number of hydrogen-bond donors (Lipinski definition) is 2. The van der Waals surface area contributed by atoms with Gasteiger partial charge in [0.05, 0.1) is 12.6 Å². The maximum atomic E-state index is 13.2. The third-order valence-corrected chi connectivity index (χ3v) is 6.54. The maximum absolute atomic E-state index is 13.2. The number of hydrogen-bond acceptors (Lipinski definition) is 5. The number of amides is 1. The molecule has 0 spiro atoms. The SMILES string of the molecule is CCCCOc1ccccc1C1CC(C(=O)N2CCN(c3ccc(C)cc3C)CC2)NN1. The summed E-state index contributed by atoms with van der Waals surface area (Å²) in [6.45, 7) is 10.4. The largest absolute Gasteiger partial charge is 0.493 e. The molecule has 0 saturated carbocycles. The quantitative estimate of drug-likeness (QED) is 0.648. The van der Waals surface area contributed by atoms with Crippen molar-refractivity contribution >= 4 is 11.6 Å². The van der Waals surface area contributed by atoms with Gasteiger partial charge in [0, 0.05) is 37.4 Å². The Balaban J connectivity index is 1.33. The summed E-state index contributed by atoms with van der Waals surface area (Å²) in [6.07, 6.45) is 2.88. The number of ether oxygens (including phenoxy) is 1. The zero-order valence-electron chi connectivity index (χ0n) is 19.6. The van der Waals surface area contributed by atoms with Gasteiger partial charge in [-0.3, -0.25) is 4.79 Å². The van der Waals surface area contributed by atoms with Crippen LogP contribution in [0, 0.1) is 13.8 Å². The van der Waals surface area contributed by atoms with Crippen LogP contribution in [0.3, 0.4) is 0 Å². The number of anilines is 1. The topological polar surface area (TPSA) is 56.8 Å². The maximum Gasteiger partial charge on any atom is 0.241 e. The van der Waals surface area contributed by atoms with Crippen molar-refractivity contribution in [1.29, 1.82) is 0 Å². The highest BCUT2D eigenvalue weighted by molar-refractivity contribution is 5.82. The van der Waals surface area contributed by atoms with E-state index < -0.39 is 0 Å².